The lowest BCUT2D eigenvalue weighted by Gasteiger charge is -2.08. The summed E-state index contributed by atoms with van der Waals surface area (Å²) in [7, 11) is 1.59. The average Bonchev–Trinajstić information content (AvgIpc) is 2.84. The Labute approximate surface area is 103 Å². The van der Waals surface area contributed by atoms with E-state index in [0.29, 0.717) is 23.0 Å². The van der Waals surface area contributed by atoms with Crippen LogP contribution in [0.3, 0.4) is 0 Å². The van der Waals surface area contributed by atoms with Gasteiger partial charge in [-0.05, 0) is 12.1 Å². The minimum absolute atomic E-state index is 0.332. The van der Waals surface area contributed by atoms with Crippen molar-refractivity contribution in [3.8, 4) is 11.5 Å². The minimum atomic E-state index is 0.332. The fourth-order valence-electron chi connectivity index (χ4n) is 1.32. The van der Waals surface area contributed by atoms with E-state index in [4.69, 9.17) is 9.47 Å². The summed E-state index contributed by atoms with van der Waals surface area (Å²) in [5.74, 6) is 1.34. The Kier molecular flexibility index (Phi) is 3.72. The van der Waals surface area contributed by atoms with Crippen LogP contribution in [0.2, 0.25) is 0 Å². The smallest absolute Gasteiger partial charge is 0.161 e. The second kappa shape index (κ2) is 5.45. The lowest BCUT2D eigenvalue weighted by Crippen LogP contribution is -1.96. The van der Waals surface area contributed by atoms with Gasteiger partial charge in [-0.1, -0.05) is 12.1 Å². The Balaban J connectivity index is 2.04. The van der Waals surface area contributed by atoms with Gasteiger partial charge in [0, 0.05) is 6.20 Å². The van der Waals surface area contributed by atoms with Crippen molar-refractivity contribution in [2.24, 2.45) is 0 Å². The molecule has 5 heteroatoms. The summed E-state index contributed by atoms with van der Waals surface area (Å²) in [6.07, 6.45) is 2.32. The number of hydrogen-bond donors (Lipinski definition) is 0. The van der Waals surface area contributed by atoms with Crippen LogP contribution in [0.25, 0.3) is 0 Å². The third kappa shape index (κ3) is 2.82. The van der Waals surface area contributed by atoms with Gasteiger partial charge in [-0.25, -0.2) is 4.98 Å². The zero-order chi connectivity index (χ0) is 12.1. The van der Waals surface area contributed by atoms with Crippen LogP contribution in [-0.4, -0.2) is 18.4 Å². The maximum absolute atomic E-state index is 10.5. The van der Waals surface area contributed by atoms with Crippen LogP contribution >= 0.6 is 11.3 Å². The second-order valence-electron chi connectivity index (χ2n) is 3.21. The summed E-state index contributed by atoms with van der Waals surface area (Å²) < 4.78 is 10.7. The molecule has 0 atom stereocenters. The van der Waals surface area contributed by atoms with Crippen molar-refractivity contribution in [2.45, 2.75) is 6.61 Å². The maximum Gasteiger partial charge on any atom is 0.161 e. The van der Waals surface area contributed by atoms with Gasteiger partial charge in [0.05, 0.1) is 12.0 Å². The minimum Gasteiger partial charge on any atom is -0.493 e. The number of benzene rings is 1. The van der Waals surface area contributed by atoms with E-state index in [9.17, 15) is 4.79 Å². The van der Waals surface area contributed by atoms with Crippen LogP contribution in [0, 0.1) is 0 Å². The molecule has 0 fully saturated rings. The highest BCUT2D eigenvalue weighted by Crippen LogP contribution is 2.27. The monoisotopic (exact) mass is 249 g/mol. The molecule has 0 aliphatic heterocycles. The van der Waals surface area contributed by atoms with E-state index in [0.717, 1.165) is 11.3 Å². The van der Waals surface area contributed by atoms with Crippen molar-refractivity contribution >= 4 is 17.6 Å². The number of aromatic nitrogens is 1. The SMILES string of the molecule is COc1ccccc1OCc1ncc(C=O)s1. The summed E-state index contributed by atoms with van der Waals surface area (Å²) in [5, 5.41) is 0.762. The van der Waals surface area contributed by atoms with Crippen molar-refractivity contribution in [1.82, 2.24) is 4.98 Å². The highest BCUT2D eigenvalue weighted by molar-refractivity contribution is 7.13. The largest absolute Gasteiger partial charge is 0.493 e. The van der Waals surface area contributed by atoms with E-state index in [1.807, 2.05) is 24.3 Å². The normalized spacial score (nSPS) is 9.94. The number of aldehydes is 1. The maximum atomic E-state index is 10.5. The molecular formula is C12H11NO3S. The molecule has 4 nitrogen and oxygen atoms in total. The fourth-order valence-corrected chi connectivity index (χ4v) is 1.97. The first-order valence-electron chi connectivity index (χ1n) is 4.99. The van der Waals surface area contributed by atoms with Gasteiger partial charge in [0.25, 0.3) is 0 Å². The molecule has 0 aliphatic carbocycles. The molecule has 2 aromatic rings. The molecule has 1 aromatic carbocycles. The van der Waals surface area contributed by atoms with E-state index < -0.39 is 0 Å². The predicted molar refractivity (Wildman–Crippen MR) is 64.8 cm³/mol. The number of rotatable bonds is 5. The topological polar surface area (TPSA) is 48.4 Å². The van der Waals surface area contributed by atoms with Gasteiger partial charge >= 0.3 is 0 Å². The summed E-state index contributed by atoms with van der Waals surface area (Å²) in [4.78, 5) is 15.2. The molecular weight excluding hydrogens is 238 g/mol. The Hall–Kier alpha value is -1.88. The van der Waals surface area contributed by atoms with Crippen LogP contribution in [0.4, 0.5) is 0 Å². The van der Waals surface area contributed by atoms with Gasteiger partial charge in [-0.15, -0.1) is 11.3 Å². The van der Waals surface area contributed by atoms with E-state index in [1.54, 1.807) is 13.3 Å². The average molecular weight is 249 g/mol. The molecule has 1 heterocycles. The summed E-state index contributed by atoms with van der Waals surface area (Å²) in [6, 6.07) is 7.40. The first-order chi connectivity index (χ1) is 8.33. The fraction of sp³-hybridized carbons (Fsp3) is 0.167. The predicted octanol–water partition coefficient (Wildman–Crippen LogP) is 2.54. The summed E-state index contributed by atoms with van der Waals surface area (Å²) in [5.41, 5.74) is 0. The number of carbonyl (C=O) groups is 1. The number of nitrogens with zero attached hydrogens (tertiary/aromatic N) is 1. The number of carbonyl (C=O) groups excluding carboxylic acids is 1. The van der Waals surface area contributed by atoms with E-state index >= 15 is 0 Å². The second-order valence-corrected chi connectivity index (χ2v) is 4.36. The lowest BCUT2D eigenvalue weighted by atomic mass is 10.3. The quantitative estimate of drug-likeness (QED) is 0.764. The molecule has 0 unspecified atom stereocenters. The Morgan fingerprint density at radius 2 is 2.12 bits per heavy atom. The van der Waals surface area contributed by atoms with Crippen molar-refractivity contribution < 1.29 is 14.3 Å². The Morgan fingerprint density at radius 1 is 1.35 bits per heavy atom. The first-order valence-corrected chi connectivity index (χ1v) is 5.81. The molecule has 0 saturated carbocycles. The summed E-state index contributed by atoms with van der Waals surface area (Å²) in [6.45, 7) is 0.332. The molecule has 88 valence electrons. The van der Waals surface area contributed by atoms with E-state index in [2.05, 4.69) is 4.98 Å². The van der Waals surface area contributed by atoms with Gasteiger partial charge in [0.1, 0.15) is 11.6 Å². The van der Waals surface area contributed by atoms with Gasteiger partial charge < -0.3 is 9.47 Å². The highest BCUT2D eigenvalue weighted by Gasteiger charge is 2.05. The Bertz CT molecular complexity index is 510. The van der Waals surface area contributed by atoms with Gasteiger partial charge in [0.2, 0.25) is 0 Å². The van der Waals surface area contributed by atoms with E-state index in [-0.39, 0.29) is 0 Å². The number of ether oxygens (including phenoxy) is 2. The number of para-hydroxylation sites is 2. The van der Waals surface area contributed by atoms with Crippen LogP contribution < -0.4 is 9.47 Å². The lowest BCUT2D eigenvalue weighted by molar-refractivity contribution is 0.112. The molecule has 0 bridgehead atoms. The van der Waals surface area contributed by atoms with Crippen LogP contribution in [0.1, 0.15) is 14.7 Å². The van der Waals surface area contributed by atoms with Crippen molar-refractivity contribution in [3.63, 3.8) is 0 Å². The standard InChI is InChI=1S/C12H11NO3S/c1-15-10-4-2-3-5-11(10)16-8-12-13-6-9(7-14)17-12/h2-7H,8H2,1H3. The van der Waals surface area contributed by atoms with Gasteiger partial charge in [-0.3, -0.25) is 4.79 Å². The van der Waals surface area contributed by atoms with E-state index in [1.165, 1.54) is 11.3 Å². The molecule has 0 aliphatic rings. The highest BCUT2D eigenvalue weighted by atomic mass is 32.1. The molecule has 0 amide bonds. The molecule has 2 rings (SSSR count). The number of hydrogen-bond acceptors (Lipinski definition) is 5. The molecule has 1 aromatic heterocycles. The van der Waals surface area contributed by atoms with Crippen molar-refractivity contribution in [3.05, 3.63) is 40.3 Å². The van der Waals surface area contributed by atoms with Gasteiger partial charge in [0.15, 0.2) is 17.8 Å². The van der Waals surface area contributed by atoms with Crippen molar-refractivity contribution in [1.29, 1.82) is 0 Å². The zero-order valence-corrected chi connectivity index (χ0v) is 10.1. The summed E-state index contributed by atoms with van der Waals surface area (Å²) >= 11 is 1.32. The number of methoxy groups -OCH3 is 1. The third-order valence-corrected chi connectivity index (χ3v) is 3.00. The van der Waals surface area contributed by atoms with Crippen LogP contribution in [0.15, 0.2) is 30.5 Å². The molecule has 0 saturated heterocycles. The number of thiazole rings is 1. The zero-order valence-electron chi connectivity index (χ0n) is 9.25. The van der Waals surface area contributed by atoms with Crippen molar-refractivity contribution in [2.75, 3.05) is 7.11 Å². The Morgan fingerprint density at radius 3 is 2.76 bits per heavy atom. The first kappa shape index (κ1) is 11.6. The van der Waals surface area contributed by atoms with Gasteiger partial charge in [-0.2, -0.15) is 0 Å². The molecule has 0 spiro atoms. The molecule has 0 radical (unpaired) electrons. The van der Waals surface area contributed by atoms with Crippen LogP contribution in [-0.2, 0) is 6.61 Å². The molecule has 17 heavy (non-hydrogen) atoms. The third-order valence-electron chi connectivity index (χ3n) is 2.11. The molecule has 0 N–H and O–H groups in total. The van der Waals surface area contributed by atoms with Crippen LogP contribution in [0.5, 0.6) is 11.5 Å².